The number of methoxy groups -OCH3 is 1. The monoisotopic (exact) mass is 320 g/mol. The molecule has 126 valence electrons. The number of hydrogen-bond acceptors (Lipinski definition) is 5. The van der Waals surface area contributed by atoms with Crippen molar-refractivity contribution in [2.75, 3.05) is 20.2 Å². The summed E-state index contributed by atoms with van der Waals surface area (Å²) in [5.74, 6) is 1.93. The zero-order valence-electron chi connectivity index (χ0n) is 13.7. The molecular formula is C16H24N4O3. The third-order valence-electron chi connectivity index (χ3n) is 5.61. The fraction of sp³-hybridized carbons (Fsp3) is 0.812. The third-order valence-corrected chi connectivity index (χ3v) is 5.61. The lowest BCUT2D eigenvalue weighted by atomic mass is 10.0. The lowest BCUT2D eigenvalue weighted by Crippen LogP contribution is -2.43. The van der Waals surface area contributed by atoms with Crippen molar-refractivity contribution in [2.24, 2.45) is 11.3 Å². The van der Waals surface area contributed by atoms with Crippen molar-refractivity contribution in [3.8, 4) is 0 Å². The largest absolute Gasteiger partial charge is 0.380 e. The number of rotatable bonds is 5. The van der Waals surface area contributed by atoms with E-state index in [4.69, 9.17) is 9.26 Å². The first-order chi connectivity index (χ1) is 11.1. The van der Waals surface area contributed by atoms with Gasteiger partial charge in [-0.1, -0.05) is 5.16 Å². The maximum Gasteiger partial charge on any atom is 0.318 e. The van der Waals surface area contributed by atoms with Crippen LogP contribution in [-0.4, -0.2) is 47.4 Å². The summed E-state index contributed by atoms with van der Waals surface area (Å²) in [4.78, 5) is 18.8. The number of ether oxygens (including phenoxy) is 1. The standard InChI is InChI=1S/C16H24N4O3/c1-10-18-14(23-19-10)13-7-12(22-2)8-20(13)15(21)17-9-16(5-6-16)11-3-4-11/h11-13H,3-9H2,1-2H3,(H,17,21)/t12-,13+/m0/s1. The fourth-order valence-electron chi connectivity index (χ4n) is 3.81. The number of carbonyl (C=O) groups excluding carboxylic acids is 1. The molecule has 7 nitrogen and oxygen atoms in total. The minimum Gasteiger partial charge on any atom is -0.380 e. The van der Waals surface area contributed by atoms with Crippen LogP contribution in [0.1, 0.15) is 49.9 Å². The van der Waals surface area contributed by atoms with Gasteiger partial charge in [-0.3, -0.25) is 0 Å². The van der Waals surface area contributed by atoms with Crippen LogP contribution in [0, 0.1) is 18.3 Å². The highest BCUT2D eigenvalue weighted by atomic mass is 16.5. The van der Waals surface area contributed by atoms with Gasteiger partial charge in [0.05, 0.1) is 6.10 Å². The zero-order chi connectivity index (χ0) is 16.0. The summed E-state index contributed by atoms with van der Waals surface area (Å²) in [6.07, 6.45) is 5.87. The summed E-state index contributed by atoms with van der Waals surface area (Å²) < 4.78 is 10.7. The summed E-state index contributed by atoms with van der Waals surface area (Å²) in [5.41, 5.74) is 0.395. The fourth-order valence-corrected chi connectivity index (χ4v) is 3.81. The highest BCUT2D eigenvalue weighted by molar-refractivity contribution is 5.75. The Bertz CT molecular complexity index is 594. The Kier molecular flexibility index (Phi) is 3.55. The van der Waals surface area contributed by atoms with E-state index >= 15 is 0 Å². The third kappa shape index (κ3) is 2.82. The number of nitrogens with one attached hydrogen (secondary N) is 1. The molecule has 0 spiro atoms. The molecule has 1 N–H and O–H groups in total. The zero-order valence-corrected chi connectivity index (χ0v) is 13.7. The Morgan fingerprint density at radius 3 is 2.83 bits per heavy atom. The highest BCUT2D eigenvalue weighted by Gasteiger charge is 2.54. The molecule has 7 heteroatoms. The number of urea groups is 1. The topological polar surface area (TPSA) is 80.5 Å². The number of aryl methyl sites for hydroxylation is 1. The highest BCUT2D eigenvalue weighted by Crippen LogP contribution is 2.60. The number of likely N-dealkylation sites (tertiary alicyclic amines) is 1. The van der Waals surface area contributed by atoms with Crippen molar-refractivity contribution in [1.82, 2.24) is 20.4 Å². The van der Waals surface area contributed by atoms with Gasteiger partial charge in [0.15, 0.2) is 5.82 Å². The number of nitrogens with zero attached hydrogens (tertiary/aromatic N) is 3. The Morgan fingerprint density at radius 2 is 2.26 bits per heavy atom. The average molecular weight is 320 g/mol. The molecule has 0 aromatic carbocycles. The van der Waals surface area contributed by atoms with E-state index in [1.807, 2.05) is 0 Å². The predicted octanol–water partition coefficient (Wildman–Crippen LogP) is 2.04. The second-order valence-corrected chi connectivity index (χ2v) is 7.24. The quantitative estimate of drug-likeness (QED) is 0.898. The van der Waals surface area contributed by atoms with E-state index < -0.39 is 0 Å². The number of amides is 2. The van der Waals surface area contributed by atoms with Crippen molar-refractivity contribution in [3.63, 3.8) is 0 Å². The molecule has 3 aliphatic rings. The van der Waals surface area contributed by atoms with Crippen molar-refractivity contribution in [1.29, 1.82) is 0 Å². The maximum absolute atomic E-state index is 12.7. The van der Waals surface area contributed by atoms with Crippen LogP contribution in [0.3, 0.4) is 0 Å². The summed E-state index contributed by atoms with van der Waals surface area (Å²) in [6.45, 7) is 3.14. The van der Waals surface area contributed by atoms with Crippen LogP contribution < -0.4 is 5.32 Å². The van der Waals surface area contributed by atoms with E-state index in [2.05, 4.69) is 15.5 Å². The molecule has 2 amide bonds. The van der Waals surface area contributed by atoms with E-state index in [1.54, 1.807) is 18.9 Å². The second kappa shape index (κ2) is 5.47. The van der Waals surface area contributed by atoms with Crippen molar-refractivity contribution in [3.05, 3.63) is 11.7 Å². The molecular weight excluding hydrogens is 296 g/mol. The molecule has 2 atom stereocenters. The van der Waals surface area contributed by atoms with Crippen LogP contribution in [0.15, 0.2) is 4.52 Å². The first-order valence-corrected chi connectivity index (χ1v) is 8.49. The van der Waals surface area contributed by atoms with E-state index in [9.17, 15) is 4.79 Å². The van der Waals surface area contributed by atoms with Gasteiger partial charge in [-0.2, -0.15) is 4.98 Å². The molecule has 1 aromatic heterocycles. The van der Waals surface area contributed by atoms with Gasteiger partial charge in [-0.15, -0.1) is 0 Å². The normalized spacial score (nSPS) is 28.9. The molecule has 3 fully saturated rings. The van der Waals surface area contributed by atoms with Gasteiger partial charge in [0.25, 0.3) is 0 Å². The lowest BCUT2D eigenvalue weighted by Gasteiger charge is -2.24. The molecule has 2 heterocycles. The van der Waals surface area contributed by atoms with E-state index in [1.165, 1.54) is 25.7 Å². The van der Waals surface area contributed by atoms with Crippen LogP contribution >= 0.6 is 0 Å². The average Bonchev–Trinajstić information content (AvgIpc) is 3.45. The predicted molar refractivity (Wildman–Crippen MR) is 81.7 cm³/mol. The summed E-state index contributed by atoms with van der Waals surface area (Å²) in [7, 11) is 1.68. The SMILES string of the molecule is CO[C@H]1C[C@H](c2nc(C)no2)N(C(=O)NCC2(C3CC3)CC2)C1. The molecule has 4 rings (SSSR count). The van der Waals surface area contributed by atoms with E-state index in [0.717, 1.165) is 12.5 Å². The van der Waals surface area contributed by atoms with Crippen molar-refractivity contribution in [2.45, 2.75) is 51.2 Å². The Labute approximate surface area is 135 Å². The number of carbonyl (C=O) groups is 1. The lowest BCUT2D eigenvalue weighted by molar-refractivity contribution is 0.110. The smallest absolute Gasteiger partial charge is 0.318 e. The minimum absolute atomic E-state index is 0.0104. The van der Waals surface area contributed by atoms with Gasteiger partial charge >= 0.3 is 6.03 Å². The Balaban J connectivity index is 1.43. The van der Waals surface area contributed by atoms with Gasteiger partial charge in [0, 0.05) is 26.6 Å². The van der Waals surface area contributed by atoms with Crippen LogP contribution in [0.4, 0.5) is 4.79 Å². The first-order valence-electron chi connectivity index (χ1n) is 8.49. The Morgan fingerprint density at radius 1 is 1.48 bits per heavy atom. The summed E-state index contributed by atoms with van der Waals surface area (Å²) in [5, 5.41) is 6.99. The molecule has 0 radical (unpaired) electrons. The number of aromatic nitrogens is 2. The van der Waals surface area contributed by atoms with Gasteiger partial charge in [-0.05, 0) is 43.9 Å². The molecule has 2 aliphatic carbocycles. The molecule has 0 unspecified atom stereocenters. The van der Waals surface area contributed by atoms with Crippen LogP contribution in [0.25, 0.3) is 0 Å². The Hall–Kier alpha value is -1.63. The van der Waals surface area contributed by atoms with Gasteiger partial charge in [-0.25, -0.2) is 4.79 Å². The minimum atomic E-state index is -0.197. The molecule has 1 aliphatic heterocycles. The van der Waals surface area contributed by atoms with Gasteiger partial charge < -0.3 is 19.5 Å². The number of hydrogen-bond donors (Lipinski definition) is 1. The molecule has 1 aromatic rings. The van der Waals surface area contributed by atoms with Crippen molar-refractivity contribution < 1.29 is 14.1 Å². The van der Waals surface area contributed by atoms with Gasteiger partial charge in [0.2, 0.25) is 5.89 Å². The van der Waals surface area contributed by atoms with E-state index in [-0.39, 0.29) is 18.2 Å². The summed E-state index contributed by atoms with van der Waals surface area (Å²) >= 11 is 0. The molecule has 1 saturated heterocycles. The van der Waals surface area contributed by atoms with Crippen LogP contribution in [0.5, 0.6) is 0 Å². The first kappa shape index (κ1) is 14.9. The van der Waals surface area contributed by atoms with E-state index in [0.29, 0.717) is 30.1 Å². The maximum atomic E-state index is 12.7. The van der Waals surface area contributed by atoms with Crippen LogP contribution in [-0.2, 0) is 4.74 Å². The summed E-state index contributed by atoms with van der Waals surface area (Å²) in [6, 6.07) is -0.241. The molecule has 2 saturated carbocycles. The molecule has 0 bridgehead atoms. The van der Waals surface area contributed by atoms with Crippen molar-refractivity contribution >= 4 is 6.03 Å². The van der Waals surface area contributed by atoms with Gasteiger partial charge in [0.1, 0.15) is 6.04 Å². The van der Waals surface area contributed by atoms with Crippen LogP contribution in [0.2, 0.25) is 0 Å². The molecule has 23 heavy (non-hydrogen) atoms. The second-order valence-electron chi connectivity index (χ2n) is 7.24.